The summed E-state index contributed by atoms with van der Waals surface area (Å²) in [6.45, 7) is 3.36. The van der Waals surface area contributed by atoms with Crippen LogP contribution in [0.3, 0.4) is 0 Å². The van der Waals surface area contributed by atoms with Gasteiger partial charge in [-0.1, -0.05) is 6.58 Å². The van der Waals surface area contributed by atoms with Crippen LogP contribution in [-0.2, 0) is 4.79 Å². The Hall–Kier alpha value is -0.613. The van der Waals surface area contributed by atoms with Gasteiger partial charge in [0.15, 0.2) is 9.76 Å². The van der Waals surface area contributed by atoms with E-state index in [0.29, 0.717) is 6.42 Å². The average Bonchev–Trinajstić information content (AvgIpc) is 1.88. The van der Waals surface area contributed by atoms with Gasteiger partial charge in [0.2, 0.25) is 0 Å². The lowest BCUT2D eigenvalue weighted by Gasteiger charge is -1.96. The summed E-state index contributed by atoms with van der Waals surface area (Å²) in [7, 11) is -0.888. The molecule has 0 atom stereocenters. The Bertz CT molecular complexity index is 133. The third kappa shape index (κ3) is 4.28. The number of carbonyl (C=O) groups is 1. The molecule has 3 nitrogen and oxygen atoms in total. The molecule has 0 aliphatic carbocycles. The molecule has 0 amide bonds. The molecule has 0 aliphatic heterocycles. The fraction of sp³-hybridized carbons (Fsp3) is 0.500. The highest BCUT2D eigenvalue weighted by molar-refractivity contribution is 6.25. The van der Waals surface area contributed by atoms with Crippen LogP contribution in [-0.4, -0.2) is 25.6 Å². The van der Waals surface area contributed by atoms with Crippen LogP contribution in [0.25, 0.3) is 0 Å². The number of carboxylic acid groups (broad SMARTS) is 1. The SMILES string of the molecule is C=C(CCC[SiH2]O)C(=O)O. The number of hydrogen-bond donors (Lipinski definition) is 2. The summed E-state index contributed by atoms with van der Waals surface area (Å²) < 4.78 is 0. The first-order valence-corrected chi connectivity index (χ1v) is 4.83. The lowest BCUT2D eigenvalue weighted by Crippen LogP contribution is -1.99. The normalized spacial score (nSPS) is 10.5. The molecule has 0 aliphatic rings. The Morgan fingerprint density at radius 2 is 2.20 bits per heavy atom. The predicted molar refractivity (Wildman–Crippen MR) is 41.6 cm³/mol. The smallest absolute Gasteiger partial charge is 0.330 e. The van der Waals surface area contributed by atoms with Gasteiger partial charge in [-0.25, -0.2) is 4.79 Å². The molecule has 2 N–H and O–H groups in total. The maximum Gasteiger partial charge on any atom is 0.330 e. The Morgan fingerprint density at radius 3 is 2.60 bits per heavy atom. The van der Waals surface area contributed by atoms with Crippen LogP contribution in [0.2, 0.25) is 6.04 Å². The van der Waals surface area contributed by atoms with Crippen molar-refractivity contribution in [2.75, 3.05) is 0 Å². The lowest BCUT2D eigenvalue weighted by atomic mass is 10.2. The van der Waals surface area contributed by atoms with Crippen LogP contribution in [0.4, 0.5) is 0 Å². The van der Waals surface area contributed by atoms with Gasteiger partial charge in [0.25, 0.3) is 0 Å². The molecule has 58 valence electrons. The van der Waals surface area contributed by atoms with Gasteiger partial charge in [0.1, 0.15) is 0 Å². The molecule has 0 aromatic rings. The van der Waals surface area contributed by atoms with E-state index in [1.165, 1.54) is 0 Å². The molecule has 0 unspecified atom stereocenters. The minimum atomic E-state index is -0.931. The van der Waals surface area contributed by atoms with E-state index in [2.05, 4.69) is 6.58 Å². The standard InChI is InChI=1S/C6H12O3Si/c1-5(6(7)8)3-2-4-10-9/h9H,1-4,10H2,(H,7,8). The van der Waals surface area contributed by atoms with Gasteiger partial charge in [0.05, 0.1) is 0 Å². The fourth-order valence-corrected chi connectivity index (χ4v) is 1.03. The van der Waals surface area contributed by atoms with Crippen molar-refractivity contribution in [1.29, 1.82) is 0 Å². The van der Waals surface area contributed by atoms with Crippen molar-refractivity contribution in [3.05, 3.63) is 12.2 Å². The van der Waals surface area contributed by atoms with Crippen molar-refractivity contribution in [3.63, 3.8) is 0 Å². The van der Waals surface area contributed by atoms with Crippen molar-refractivity contribution < 1.29 is 14.7 Å². The zero-order valence-corrected chi connectivity index (χ0v) is 7.25. The van der Waals surface area contributed by atoms with Gasteiger partial charge in [-0.2, -0.15) is 0 Å². The van der Waals surface area contributed by atoms with Crippen LogP contribution in [0.5, 0.6) is 0 Å². The highest BCUT2D eigenvalue weighted by Gasteiger charge is 2.01. The zero-order valence-electron chi connectivity index (χ0n) is 5.84. The molecule has 0 saturated heterocycles. The largest absolute Gasteiger partial charge is 0.478 e. The van der Waals surface area contributed by atoms with Crippen LogP contribution in [0.15, 0.2) is 12.2 Å². The van der Waals surface area contributed by atoms with E-state index in [1.807, 2.05) is 0 Å². The first-order valence-electron chi connectivity index (χ1n) is 3.20. The predicted octanol–water partition coefficient (Wildman–Crippen LogP) is -0.0982. The summed E-state index contributed by atoms with van der Waals surface area (Å²) in [5, 5.41) is 8.33. The van der Waals surface area contributed by atoms with E-state index < -0.39 is 15.7 Å². The van der Waals surface area contributed by atoms with Gasteiger partial charge >= 0.3 is 5.97 Å². The molecule has 0 saturated carbocycles. The lowest BCUT2D eigenvalue weighted by molar-refractivity contribution is -0.132. The minimum absolute atomic E-state index is 0.238. The van der Waals surface area contributed by atoms with Gasteiger partial charge in [0, 0.05) is 5.57 Å². The molecule has 0 heterocycles. The first kappa shape index (κ1) is 9.39. The van der Waals surface area contributed by atoms with E-state index in [1.54, 1.807) is 0 Å². The highest BCUT2D eigenvalue weighted by Crippen LogP contribution is 2.04. The summed E-state index contributed by atoms with van der Waals surface area (Å²) >= 11 is 0. The van der Waals surface area contributed by atoms with Gasteiger partial charge in [-0.15, -0.1) is 0 Å². The maximum absolute atomic E-state index is 10.1. The summed E-state index contributed by atoms with van der Waals surface area (Å²) in [5.41, 5.74) is 0.238. The van der Waals surface area contributed by atoms with Gasteiger partial charge < -0.3 is 9.90 Å². The van der Waals surface area contributed by atoms with Crippen molar-refractivity contribution in [3.8, 4) is 0 Å². The maximum atomic E-state index is 10.1. The second-order valence-corrected chi connectivity index (χ2v) is 3.24. The molecule has 0 radical (unpaired) electrons. The Kier molecular flexibility index (Phi) is 4.88. The average molecular weight is 160 g/mol. The molecule has 0 bridgehead atoms. The monoisotopic (exact) mass is 160 g/mol. The van der Waals surface area contributed by atoms with E-state index in [0.717, 1.165) is 12.5 Å². The third-order valence-corrected chi connectivity index (χ3v) is 2.01. The highest BCUT2D eigenvalue weighted by atomic mass is 28.2. The van der Waals surface area contributed by atoms with Crippen LogP contribution in [0.1, 0.15) is 12.8 Å². The third-order valence-electron chi connectivity index (χ3n) is 1.19. The minimum Gasteiger partial charge on any atom is -0.478 e. The first-order chi connectivity index (χ1) is 4.68. The Balaban J connectivity index is 3.31. The van der Waals surface area contributed by atoms with Crippen molar-refractivity contribution >= 4 is 15.7 Å². The summed E-state index contributed by atoms with van der Waals surface area (Å²) in [5.74, 6) is -0.931. The topological polar surface area (TPSA) is 57.5 Å². The molecule has 0 fully saturated rings. The Morgan fingerprint density at radius 1 is 1.60 bits per heavy atom. The van der Waals surface area contributed by atoms with E-state index in [4.69, 9.17) is 9.90 Å². The van der Waals surface area contributed by atoms with Gasteiger partial charge in [-0.05, 0) is 18.9 Å². The molecule has 4 heteroatoms. The number of hydrogen-bond acceptors (Lipinski definition) is 2. The van der Waals surface area contributed by atoms with Crippen molar-refractivity contribution in [1.82, 2.24) is 0 Å². The molecule has 0 aromatic carbocycles. The van der Waals surface area contributed by atoms with E-state index >= 15 is 0 Å². The molecule has 0 aromatic heterocycles. The number of carboxylic acids is 1. The molecule has 0 rings (SSSR count). The second-order valence-electron chi connectivity index (χ2n) is 2.09. The molecular weight excluding hydrogens is 148 g/mol. The van der Waals surface area contributed by atoms with E-state index in [9.17, 15) is 4.79 Å². The number of rotatable bonds is 5. The van der Waals surface area contributed by atoms with Gasteiger partial charge in [-0.3, -0.25) is 0 Å². The number of aliphatic carboxylic acids is 1. The molecule has 0 spiro atoms. The molecular formula is C6H12O3Si. The quantitative estimate of drug-likeness (QED) is 0.335. The molecule has 10 heavy (non-hydrogen) atoms. The second kappa shape index (κ2) is 5.19. The van der Waals surface area contributed by atoms with E-state index in [-0.39, 0.29) is 5.57 Å². The summed E-state index contributed by atoms with van der Waals surface area (Å²) in [6, 6.07) is 0.784. The van der Waals surface area contributed by atoms with Crippen molar-refractivity contribution in [2.45, 2.75) is 18.9 Å². The summed E-state index contributed by atoms with van der Waals surface area (Å²) in [6.07, 6.45) is 1.26. The fourth-order valence-electron chi connectivity index (χ4n) is 0.557. The Labute approximate surface area is 62.3 Å². The summed E-state index contributed by atoms with van der Waals surface area (Å²) in [4.78, 5) is 18.6. The van der Waals surface area contributed by atoms with Crippen LogP contribution in [0, 0.1) is 0 Å². The van der Waals surface area contributed by atoms with Crippen LogP contribution >= 0.6 is 0 Å². The van der Waals surface area contributed by atoms with Crippen LogP contribution < -0.4 is 0 Å². The zero-order chi connectivity index (χ0) is 7.98. The van der Waals surface area contributed by atoms with Crippen molar-refractivity contribution in [2.24, 2.45) is 0 Å².